The first-order valence-electron chi connectivity index (χ1n) is 5.55. The van der Waals surface area contributed by atoms with E-state index in [1.165, 1.54) is 11.1 Å². The predicted molar refractivity (Wildman–Crippen MR) is 66.1 cm³/mol. The van der Waals surface area contributed by atoms with Gasteiger partial charge in [-0.15, -0.1) is 0 Å². The lowest BCUT2D eigenvalue weighted by Crippen LogP contribution is -2.42. The van der Waals surface area contributed by atoms with E-state index in [4.69, 9.17) is 8.85 Å². The standard InChI is InChI=1S/C12H22O2Si/c1-6-12(15(5,13-3)14-4)11-8-7-10(2)9-11/h7,9,12H,6,8H2,1-5H3. The second-order valence-corrected chi connectivity index (χ2v) is 7.80. The molecule has 3 heteroatoms. The monoisotopic (exact) mass is 226 g/mol. The van der Waals surface area contributed by atoms with Crippen molar-refractivity contribution >= 4 is 8.56 Å². The van der Waals surface area contributed by atoms with Crippen LogP contribution < -0.4 is 0 Å². The van der Waals surface area contributed by atoms with Gasteiger partial charge in [0.05, 0.1) is 0 Å². The zero-order chi connectivity index (χ0) is 11.5. The summed E-state index contributed by atoms with van der Waals surface area (Å²) in [6.45, 7) is 6.51. The fourth-order valence-electron chi connectivity index (χ4n) is 2.27. The maximum Gasteiger partial charge on any atom is 0.341 e. The molecule has 2 nitrogen and oxygen atoms in total. The van der Waals surface area contributed by atoms with Crippen molar-refractivity contribution in [1.29, 1.82) is 0 Å². The van der Waals surface area contributed by atoms with E-state index in [0.717, 1.165) is 12.8 Å². The Labute approximate surface area is 94.2 Å². The van der Waals surface area contributed by atoms with Crippen LogP contribution in [-0.2, 0) is 8.85 Å². The van der Waals surface area contributed by atoms with Gasteiger partial charge in [0.25, 0.3) is 0 Å². The smallest absolute Gasteiger partial charge is 0.341 e. The Morgan fingerprint density at radius 1 is 1.40 bits per heavy atom. The van der Waals surface area contributed by atoms with E-state index in [9.17, 15) is 0 Å². The molecule has 0 amide bonds. The highest BCUT2D eigenvalue weighted by Crippen LogP contribution is 2.38. The van der Waals surface area contributed by atoms with Crippen LogP contribution >= 0.6 is 0 Å². The van der Waals surface area contributed by atoms with Crippen LogP contribution in [0.4, 0.5) is 0 Å². The quantitative estimate of drug-likeness (QED) is 0.669. The molecule has 0 saturated carbocycles. The van der Waals surface area contributed by atoms with E-state index >= 15 is 0 Å². The molecule has 0 heterocycles. The summed E-state index contributed by atoms with van der Waals surface area (Å²) in [4.78, 5) is 0. The molecule has 1 unspecified atom stereocenters. The van der Waals surface area contributed by atoms with Crippen LogP contribution in [0.5, 0.6) is 0 Å². The summed E-state index contributed by atoms with van der Waals surface area (Å²) in [5.41, 5.74) is 3.32. The molecule has 1 rings (SSSR count). The van der Waals surface area contributed by atoms with E-state index < -0.39 is 8.56 Å². The highest BCUT2D eigenvalue weighted by atomic mass is 28.4. The molecule has 0 aromatic heterocycles. The minimum atomic E-state index is -2.02. The Hall–Kier alpha value is -0.383. The van der Waals surface area contributed by atoms with Crippen LogP contribution in [0.2, 0.25) is 12.1 Å². The molecule has 0 bridgehead atoms. The van der Waals surface area contributed by atoms with Crippen molar-refractivity contribution in [3.05, 3.63) is 23.3 Å². The molecule has 0 radical (unpaired) electrons. The van der Waals surface area contributed by atoms with Crippen LogP contribution in [0.1, 0.15) is 26.7 Å². The first-order chi connectivity index (χ1) is 7.07. The molecule has 0 spiro atoms. The van der Waals surface area contributed by atoms with Crippen molar-refractivity contribution in [3.8, 4) is 0 Å². The Kier molecular flexibility index (Phi) is 4.31. The fourth-order valence-corrected chi connectivity index (χ4v) is 4.62. The van der Waals surface area contributed by atoms with Gasteiger partial charge < -0.3 is 8.85 Å². The second kappa shape index (κ2) is 5.10. The third kappa shape index (κ3) is 2.59. The lowest BCUT2D eigenvalue weighted by molar-refractivity contribution is 0.239. The Bertz CT molecular complexity index is 277. The molecule has 15 heavy (non-hydrogen) atoms. The topological polar surface area (TPSA) is 18.5 Å². The van der Waals surface area contributed by atoms with E-state index in [0.29, 0.717) is 5.54 Å². The van der Waals surface area contributed by atoms with Gasteiger partial charge in [-0.2, -0.15) is 0 Å². The zero-order valence-electron chi connectivity index (χ0n) is 10.5. The van der Waals surface area contributed by atoms with E-state index in [-0.39, 0.29) is 0 Å². The van der Waals surface area contributed by atoms with Crippen LogP contribution in [-0.4, -0.2) is 22.8 Å². The Morgan fingerprint density at radius 3 is 2.33 bits per heavy atom. The molecular weight excluding hydrogens is 204 g/mol. The Morgan fingerprint density at radius 2 is 2.00 bits per heavy atom. The van der Waals surface area contributed by atoms with Gasteiger partial charge in [0.2, 0.25) is 0 Å². The molecule has 1 aliphatic carbocycles. The van der Waals surface area contributed by atoms with E-state index in [1.54, 1.807) is 14.2 Å². The molecule has 86 valence electrons. The zero-order valence-corrected chi connectivity index (χ0v) is 11.5. The highest BCUT2D eigenvalue weighted by molar-refractivity contribution is 6.68. The van der Waals surface area contributed by atoms with Crippen LogP contribution in [0.3, 0.4) is 0 Å². The summed E-state index contributed by atoms with van der Waals surface area (Å²) in [5.74, 6) is 0. The van der Waals surface area contributed by atoms with Gasteiger partial charge in [-0.05, 0) is 26.3 Å². The molecular formula is C12H22O2Si. The number of rotatable bonds is 5. The van der Waals surface area contributed by atoms with Crippen molar-refractivity contribution in [2.75, 3.05) is 14.2 Å². The molecule has 0 fully saturated rings. The fraction of sp³-hybridized carbons (Fsp3) is 0.667. The largest absolute Gasteiger partial charge is 0.397 e. The molecule has 1 atom stereocenters. The maximum absolute atomic E-state index is 5.64. The Balaban J connectivity index is 2.85. The average Bonchev–Trinajstić information content (AvgIpc) is 2.65. The van der Waals surface area contributed by atoms with Crippen molar-refractivity contribution in [1.82, 2.24) is 0 Å². The molecule has 0 aromatic rings. The van der Waals surface area contributed by atoms with Crippen molar-refractivity contribution in [2.24, 2.45) is 0 Å². The summed E-state index contributed by atoms with van der Waals surface area (Å²) in [6, 6.07) is 0. The van der Waals surface area contributed by atoms with Gasteiger partial charge in [-0.1, -0.05) is 30.2 Å². The SMILES string of the molecule is CCC(C1=CC(C)=CC1)[Si](C)(OC)OC. The van der Waals surface area contributed by atoms with Gasteiger partial charge >= 0.3 is 8.56 Å². The second-order valence-electron chi connectivity index (χ2n) is 4.26. The van der Waals surface area contributed by atoms with Gasteiger partial charge in [-0.3, -0.25) is 0 Å². The molecule has 0 aromatic carbocycles. The first kappa shape index (κ1) is 12.7. The van der Waals surface area contributed by atoms with E-state index in [1.807, 2.05) is 0 Å². The number of hydrogen-bond acceptors (Lipinski definition) is 2. The summed E-state index contributed by atoms with van der Waals surface area (Å²) in [5, 5.41) is 0. The van der Waals surface area contributed by atoms with Gasteiger partial charge in [0.1, 0.15) is 0 Å². The van der Waals surface area contributed by atoms with Crippen LogP contribution in [0, 0.1) is 0 Å². The number of allylic oxidation sites excluding steroid dienone is 4. The van der Waals surface area contributed by atoms with Crippen molar-refractivity contribution in [3.63, 3.8) is 0 Å². The van der Waals surface area contributed by atoms with Crippen LogP contribution in [0.15, 0.2) is 23.3 Å². The van der Waals surface area contributed by atoms with Crippen molar-refractivity contribution in [2.45, 2.75) is 38.8 Å². The third-order valence-electron chi connectivity index (χ3n) is 3.37. The van der Waals surface area contributed by atoms with Gasteiger partial charge in [0.15, 0.2) is 0 Å². The van der Waals surface area contributed by atoms with Crippen LogP contribution in [0.25, 0.3) is 0 Å². The summed E-state index contributed by atoms with van der Waals surface area (Å²) < 4.78 is 11.3. The van der Waals surface area contributed by atoms with Gasteiger partial charge in [-0.25, -0.2) is 0 Å². The lowest BCUT2D eigenvalue weighted by atomic mass is 10.1. The van der Waals surface area contributed by atoms with E-state index in [2.05, 4.69) is 32.5 Å². The predicted octanol–water partition coefficient (Wildman–Crippen LogP) is 3.41. The lowest BCUT2D eigenvalue weighted by Gasteiger charge is -2.32. The number of hydrogen-bond donors (Lipinski definition) is 0. The highest BCUT2D eigenvalue weighted by Gasteiger charge is 2.40. The minimum absolute atomic E-state index is 0.473. The van der Waals surface area contributed by atoms with Crippen molar-refractivity contribution < 1.29 is 8.85 Å². The average molecular weight is 226 g/mol. The summed E-state index contributed by atoms with van der Waals surface area (Å²) in [7, 11) is 1.52. The maximum atomic E-state index is 5.64. The normalized spacial score (nSPS) is 18.7. The molecule has 0 N–H and O–H groups in total. The summed E-state index contributed by atoms with van der Waals surface area (Å²) >= 11 is 0. The minimum Gasteiger partial charge on any atom is -0.397 e. The molecule has 1 aliphatic rings. The van der Waals surface area contributed by atoms with Gasteiger partial charge in [0, 0.05) is 19.8 Å². The third-order valence-corrected chi connectivity index (χ3v) is 7.04. The molecule has 0 aliphatic heterocycles. The first-order valence-corrected chi connectivity index (χ1v) is 7.94. The molecule has 0 saturated heterocycles. The summed E-state index contributed by atoms with van der Waals surface area (Å²) in [6.07, 6.45) is 6.73.